The van der Waals surface area contributed by atoms with E-state index in [-0.39, 0.29) is 12.0 Å². The molecule has 0 saturated heterocycles. The largest absolute Gasteiger partial charge is 0.478 e. The van der Waals surface area contributed by atoms with Crippen LogP contribution >= 0.6 is 0 Å². The van der Waals surface area contributed by atoms with Gasteiger partial charge in [0.2, 0.25) is 0 Å². The Kier molecular flexibility index (Phi) is 5.14. The zero-order chi connectivity index (χ0) is 14.5. The molecule has 1 rings (SSSR count). The molecule has 0 aliphatic rings. The summed E-state index contributed by atoms with van der Waals surface area (Å²) in [7, 11) is 0. The predicted octanol–water partition coefficient (Wildman–Crippen LogP) is 3.23. The summed E-state index contributed by atoms with van der Waals surface area (Å²) >= 11 is 0. The Labute approximate surface area is 108 Å². The summed E-state index contributed by atoms with van der Waals surface area (Å²) in [5.41, 5.74) is 1.04. The standard InChI is InChI=1S/C12H15F3N2O2/c1-8-6-10(9(7-17-8)11(18)19)16-5-3-2-4-12(13,14)15/h6-7H,2-5H2,1H3,(H,16,17)(H,18,19). The van der Waals surface area contributed by atoms with E-state index in [0.717, 1.165) is 0 Å². The van der Waals surface area contributed by atoms with E-state index in [1.54, 1.807) is 13.0 Å². The van der Waals surface area contributed by atoms with E-state index in [9.17, 15) is 18.0 Å². The number of carboxylic acids is 1. The van der Waals surface area contributed by atoms with Crippen molar-refractivity contribution >= 4 is 11.7 Å². The van der Waals surface area contributed by atoms with E-state index in [2.05, 4.69) is 10.3 Å². The van der Waals surface area contributed by atoms with Crippen molar-refractivity contribution in [3.05, 3.63) is 23.5 Å². The van der Waals surface area contributed by atoms with Gasteiger partial charge in [-0.25, -0.2) is 4.79 Å². The molecule has 106 valence electrons. The summed E-state index contributed by atoms with van der Waals surface area (Å²) in [6, 6.07) is 1.56. The molecule has 0 saturated carbocycles. The van der Waals surface area contributed by atoms with Crippen LogP contribution in [0.4, 0.5) is 18.9 Å². The van der Waals surface area contributed by atoms with Crippen molar-refractivity contribution in [1.82, 2.24) is 4.98 Å². The summed E-state index contributed by atoms with van der Waals surface area (Å²) < 4.78 is 35.8. The molecule has 0 bridgehead atoms. The molecule has 4 nitrogen and oxygen atoms in total. The van der Waals surface area contributed by atoms with Gasteiger partial charge in [-0.1, -0.05) is 0 Å². The van der Waals surface area contributed by atoms with E-state index in [1.807, 2.05) is 0 Å². The molecular weight excluding hydrogens is 261 g/mol. The van der Waals surface area contributed by atoms with Gasteiger partial charge in [-0.2, -0.15) is 13.2 Å². The minimum Gasteiger partial charge on any atom is -0.478 e. The number of hydrogen-bond donors (Lipinski definition) is 2. The highest BCUT2D eigenvalue weighted by Crippen LogP contribution is 2.22. The van der Waals surface area contributed by atoms with Crippen LogP contribution in [0.25, 0.3) is 0 Å². The molecule has 0 radical (unpaired) electrons. The maximum atomic E-state index is 11.9. The molecule has 19 heavy (non-hydrogen) atoms. The summed E-state index contributed by atoms with van der Waals surface area (Å²) in [5, 5.41) is 11.8. The lowest BCUT2D eigenvalue weighted by molar-refractivity contribution is -0.135. The zero-order valence-electron chi connectivity index (χ0n) is 10.4. The number of pyridine rings is 1. The van der Waals surface area contributed by atoms with Crippen LogP contribution in [0.5, 0.6) is 0 Å². The fourth-order valence-electron chi connectivity index (χ4n) is 1.55. The van der Waals surface area contributed by atoms with Crippen molar-refractivity contribution in [3.63, 3.8) is 0 Å². The molecule has 1 heterocycles. The number of aromatic nitrogens is 1. The monoisotopic (exact) mass is 276 g/mol. The lowest BCUT2D eigenvalue weighted by Crippen LogP contribution is -2.11. The van der Waals surface area contributed by atoms with Crippen molar-refractivity contribution in [1.29, 1.82) is 0 Å². The van der Waals surface area contributed by atoms with Crippen molar-refractivity contribution < 1.29 is 23.1 Å². The van der Waals surface area contributed by atoms with Crippen LogP contribution < -0.4 is 5.32 Å². The molecule has 0 spiro atoms. The third-order valence-corrected chi connectivity index (χ3v) is 2.47. The molecule has 0 amide bonds. The van der Waals surface area contributed by atoms with Crippen molar-refractivity contribution in [2.45, 2.75) is 32.4 Å². The topological polar surface area (TPSA) is 62.2 Å². The van der Waals surface area contributed by atoms with Crippen molar-refractivity contribution in [2.24, 2.45) is 0 Å². The highest BCUT2D eigenvalue weighted by Gasteiger charge is 2.25. The van der Waals surface area contributed by atoms with E-state index in [4.69, 9.17) is 5.11 Å². The predicted molar refractivity (Wildman–Crippen MR) is 64.3 cm³/mol. The van der Waals surface area contributed by atoms with Crippen LogP contribution in [0.2, 0.25) is 0 Å². The first-order chi connectivity index (χ1) is 8.79. The summed E-state index contributed by atoms with van der Waals surface area (Å²) in [6.45, 7) is 2.00. The number of anilines is 1. The van der Waals surface area contributed by atoms with Crippen molar-refractivity contribution in [2.75, 3.05) is 11.9 Å². The van der Waals surface area contributed by atoms with Crippen LogP contribution in [0.1, 0.15) is 35.3 Å². The Morgan fingerprint density at radius 1 is 1.42 bits per heavy atom. The second-order valence-electron chi connectivity index (χ2n) is 4.18. The number of aryl methyl sites for hydroxylation is 1. The number of aromatic carboxylic acids is 1. The molecular formula is C12H15F3N2O2. The van der Waals surface area contributed by atoms with E-state index >= 15 is 0 Å². The molecule has 0 atom stereocenters. The lowest BCUT2D eigenvalue weighted by Gasteiger charge is -2.10. The molecule has 7 heteroatoms. The van der Waals surface area contributed by atoms with Gasteiger partial charge in [0.15, 0.2) is 0 Å². The Hall–Kier alpha value is -1.79. The highest BCUT2D eigenvalue weighted by molar-refractivity contribution is 5.93. The molecule has 1 aromatic heterocycles. The Morgan fingerprint density at radius 2 is 2.11 bits per heavy atom. The van der Waals surface area contributed by atoms with E-state index in [0.29, 0.717) is 24.3 Å². The number of alkyl halides is 3. The first-order valence-electron chi connectivity index (χ1n) is 5.80. The van der Waals surface area contributed by atoms with Gasteiger partial charge in [0.05, 0.1) is 5.69 Å². The SMILES string of the molecule is Cc1cc(NCCCCC(F)(F)F)c(C(=O)O)cn1. The molecule has 0 fully saturated rings. The van der Waals surface area contributed by atoms with Crippen LogP contribution in [0.15, 0.2) is 12.3 Å². The second kappa shape index (κ2) is 6.40. The molecule has 0 aliphatic carbocycles. The molecule has 2 N–H and O–H groups in total. The molecule has 1 aromatic rings. The zero-order valence-corrected chi connectivity index (χ0v) is 10.4. The van der Waals surface area contributed by atoms with Gasteiger partial charge < -0.3 is 10.4 Å². The third kappa shape index (κ3) is 5.58. The molecule has 0 aliphatic heterocycles. The van der Waals surface area contributed by atoms with Crippen LogP contribution in [0.3, 0.4) is 0 Å². The number of rotatable bonds is 6. The van der Waals surface area contributed by atoms with Gasteiger partial charge in [0.25, 0.3) is 0 Å². The van der Waals surface area contributed by atoms with Gasteiger partial charge in [0.1, 0.15) is 5.56 Å². The number of carbonyl (C=O) groups is 1. The maximum Gasteiger partial charge on any atom is 0.389 e. The lowest BCUT2D eigenvalue weighted by atomic mass is 10.2. The Balaban J connectivity index is 2.49. The van der Waals surface area contributed by atoms with Gasteiger partial charge in [-0.15, -0.1) is 0 Å². The smallest absolute Gasteiger partial charge is 0.389 e. The third-order valence-electron chi connectivity index (χ3n) is 2.47. The minimum absolute atomic E-state index is 0.0152. The first-order valence-corrected chi connectivity index (χ1v) is 5.80. The Bertz CT molecular complexity index is 447. The van der Waals surface area contributed by atoms with Crippen molar-refractivity contribution in [3.8, 4) is 0 Å². The number of nitrogens with zero attached hydrogens (tertiary/aromatic N) is 1. The molecule has 0 aromatic carbocycles. The first kappa shape index (κ1) is 15.3. The van der Waals surface area contributed by atoms with Gasteiger partial charge >= 0.3 is 12.1 Å². The summed E-state index contributed by atoms with van der Waals surface area (Å²) in [4.78, 5) is 14.8. The minimum atomic E-state index is -4.14. The number of halogens is 3. The van der Waals surface area contributed by atoms with Gasteiger partial charge in [-0.05, 0) is 25.8 Å². The van der Waals surface area contributed by atoms with Crippen LogP contribution in [-0.4, -0.2) is 28.8 Å². The van der Waals surface area contributed by atoms with Crippen LogP contribution in [0, 0.1) is 6.92 Å². The average molecular weight is 276 g/mol. The number of carboxylic acid groups (broad SMARTS) is 1. The number of nitrogens with one attached hydrogen (secondary N) is 1. The number of hydrogen-bond acceptors (Lipinski definition) is 3. The van der Waals surface area contributed by atoms with Gasteiger partial charge in [-0.3, -0.25) is 4.98 Å². The van der Waals surface area contributed by atoms with Gasteiger partial charge in [0, 0.05) is 24.9 Å². The summed E-state index contributed by atoms with van der Waals surface area (Å²) in [6.07, 6.45) is -3.39. The number of unbranched alkanes of at least 4 members (excludes halogenated alkanes) is 1. The summed E-state index contributed by atoms with van der Waals surface area (Å²) in [5.74, 6) is -1.12. The van der Waals surface area contributed by atoms with E-state index < -0.39 is 18.6 Å². The average Bonchev–Trinajstić information content (AvgIpc) is 2.26. The molecule has 0 unspecified atom stereocenters. The maximum absolute atomic E-state index is 11.9. The fourth-order valence-corrected chi connectivity index (χ4v) is 1.55. The normalized spacial score (nSPS) is 11.4. The second-order valence-corrected chi connectivity index (χ2v) is 4.18. The Morgan fingerprint density at radius 3 is 2.68 bits per heavy atom. The highest BCUT2D eigenvalue weighted by atomic mass is 19.4. The fraction of sp³-hybridized carbons (Fsp3) is 0.500. The quantitative estimate of drug-likeness (QED) is 0.783. The van der Waals surface area contributed by atoms with Crippen LogP contribution in [-0.2, 0) is 0 Å². The van der Waals surface area contributed by atoms with E-state index in [1.165, 1.54) is 6.20 Å².